The molecule has 0 aromatic carbocycles. The molecule has 1 aliphatic rings. The molecule has 82 valence electrons. The Morgan fingerprint density at radius 2 is 2.40 bits per heavy atom. The molecule has 2 N–H and O–H groups in total. The van der Waals surface area contributed by atoms with E-state index in [0.717, 1.165) is 24.9 Å². The average molecular weight is 210 g/mol. The van der Waals surface area contributed by atoms with E-state index in [0.29, 0.717) is 0 Å². The summed E-state index contributed by atoms with van der Waals surface area (Å²) in [6.45, 7) is 2.71. The standard InChI is InChI=1S/C10H14N2O3/c1-2-12-6-7(5-11-12)10(3-4-10)8(13)9(14)15/h5-6,8,13H,2-4H2,1H3,(H,14,15). The molecule has 1 fully saturated rings. The van der Waals surface area contributed by atoms with Gasteiger partial charge in [-0.25, -0.2) is 4.79 Å². The van der Waals surface area contributed by atoms with Crippen molar-refractivity contribution in [3.8, 4) is 0 Å². The minimum atomic E-state index is -1.31. The van der Waals surface area contributed by atoms with Crippen molar-refractivity contribution in [2.45, 2.75) is 37.8 Å². The maximum Gasteiger partial charge on any atom is 0.333 e. The maximum absolute atomic E-state index is 10.8. The van der Waals surface area contributed by atoms with Gasteiger partial charge in [0.15, 0.2) is 6.10 Å². The number of aromatic nitrogens is 2. The second-order valence-electron chi connectivity index (χ2n) is 3.98. The highest BCUT2D eigenvalue weighted by Gasteiger charge is 2.54. The minimum absolute atomic E-state index is 0.584. The normalized spacial score (nSPS) is 19.9. The molecule has 5 heteroatoms. The number of aryl methyl sites for hydroxylation is 1. The Kier molecular flexibility index (Phi) is 2.26. The van der Waals surface area contributed by atoms with Crippen LogP contribution in [0.1, 0.15) is 25.3 Å². The number of aliphatic carboxylic acids is 1. The Hall–Kier alpha value is -1.36. The fourth-order valence-electron chi connectivity index (χ4n) is 1.88. The quantitative estimate of drug-likeness (QED) is 0.753. The monoisotopic (exact) mass is 210 g/mol. The van der Waals surface area contributed by atoms with E-state index in [4.69, 9.17) is 5.11 Å². The number of hydrogen-bond donors (Lipinski definition) is 2. The predicted octanol–water partition coefficient (Wildman–Crippen LogP) is 0.380. The molecule has 2 rings (SSSR count). The van der Waals surface area contributed by atoms with Crippen LogP contribution >= 0.6 is 0 Å². The topological polar surface area (TPSA) is 75.4 Å². The van der Waals surface area contributed by atoms with E-state index in [1.165, 1.54) is 0 Å². The first-order valence-corrected chi connectivity index (χ1v) is 5.04. The molecule has 1 saturated carbocycles. The second-order valence-corrected chi connectivity index (χ2v) is 3.98. The highest BCUT2D eigenvalue weighted by Crippen LogP contribution is 2.50. The summed E-state index contributed by atoms with van der Waals surface area (Å²) in [7, 11) is 0. The molecule has 1 aromatic rings. The van der Waals surface area contributed by atoms with Gasteiger partial charge < -0.3 is 10.2 Å². The number of carbonyl (C=O) groups is 1. The van der Waals surface area contributed by atoms with Crippen LogP contribution in [0.2, 0.25) is 0 Å². The van der Waals surface area contributed by atoms with Crippen molar-refractivity contribution >= 4 is 5.97 Å². The summed E-state index contributed by atoms with van der Waals surface area (Å²) in [6, 6.07) is 0. The molecule has 1 heterocycles. The molecule has 0 spiro atoms. The lowest BCUT2D eigenvalue weighted by molar-refractivity contribution is -0.148. The molecule has 1 unspecified atom stereocenters. The molecule has 5 nitrogen and oxygen atoms in total. The first-order valence-electron chi connectivity index (χ1n) is 5.04. The van der Waals surface area contributed by atoms with Crippen LogP contribution in [-0.2, 0) is 16.8 Å². The zero-order valence-corrected chi connectivity index (χ0v) is 8.55. The second kappa shape index (κ2) is 3.34. The molecule has 1 atom stereocenters. The van der Waals surface area contributed by atoms with Crippen molar-refractivity contribution in [3.05, 3.63) is 18.0 Å². The molecule has 0 aliphatic heterocycles. The summed E-state index contributed by atoms with van der Waals surface area (Å²) < 4.78 is 1.74. The predicted molar refractivity (Wildman–Crippen MR) is 52.5 cm³/mol. The van der Waals surface area contributed by atoms with Gasteiger partial charge in [-0.05, 0) is 25.3 Å². The lowest BCUT2D eigenvalue weighted by Gasteiger charge is -2.16. The van der Waals surface area contributed by atoms with Crippen LogP contribution in [0.3, 0.4) is 0 Å². The van der Waals surface area contributed by atoms with Gasteiger partial charge in [0.2, 0.25) is 0 Å². The Labute approximate surface area is 87.3 Å². The largest absolute Gasteiger partial charge is 0.479 e. The first-order chi connectivity index (χ1) is 7.10. The van der Waals surface area contributed by atoms with Crippen LogP contribution in [0.15, 0.2) is 12.4 Å². The SMILES string of the molecule is CCn1cc(C2(C(O)C(=O)O)CC2)cn1. The Bertz CT molecular complexity index is 382. The van der Waals surface area contributed by atoms with E-state index in [1.54, 1.807) is 10.9 Å². The fraction of sp³-hybridized carbons (Fsp3) is 0.600. The fourth-order valence-corrected chi connectivity index (χ4v) is 1.88. The summed E-state index contributed by atoms with van der Waals surface area (Å²) in [5, 5.41) is 22.5. The lowest BCUT2D eigenvalue weighted by Crippen LogP contribution is -2.33. The number of aliphatic hydroxyl groups is 1. The molecule has 0 amide bonds. The van der Waals surface area contributed by atoms with Crippen molar-refractivity contribution in [2.75, 3.05) is 0 Å². The third-order valence-electron chi connectivity index (χ3n) is 3.08. The molecule has 1 aliphatic carbocycles. The highest BCUT2D eigenvalue weighted by molar-refractivity contribution is 5.75. The van der Waals surface area contributed by atoms with E-state index < -0.39 is 17.5 Å². The van der Waals surface area contributed by atoms with Gasteiger partial charge in [-0.1, -0.05) is 0 Å². The zero-order valence-electron chi connectivity index (χ0n) is 8.55. The Morgan fingerprint density at radius 3 is 2.80 bits per heavy atom. The van der Waals surface area contributed by atoms with Gasteiger partial charge in [-0.2, -0.15) is 5.10 Å². The summed E-state index contributed by atoms with van der Waals surface area (Å²) >= 11 is 0. The van der Waals surface area contributed by atoms with Crippen LogP contribution in [0, 0.1) is 0 Å². The van der Waals surface area contributed by atoms with Crippen molar-refractivity contribution in [1.82, 2.24) is 9.78 Å². The number of hydrogen-bond acceptors (Lipinski definition) is 3. The van der Waals surface area contributed by atoms with E-state index in [9.17, 15) is 9.90 Å². The van der Waals surface area contributed by atoms with Crippen molar-refractivity contribution in [3.63, 3.8) is 0 Å². The maximum atomic E-state index is 10.8. The summed E-state index contributed by atoms with van der Waals surface area (Å²) in [5.74, 6) is -1.16. The first kappa shape index (κ1) is 10.2. The highest BCUT2D eigenvalue weighted by atomic mass is 16.4. The molecule has 0 bridgehead atoms. The van der Waals surface area contributed by atoms with E-state index in [1.807, 2.05) is 13.1 Å². The third-order valence-corrected chi connectivity index (χ3v) is 3.08. The van der Waals surface area contributed by atoms with Gasteiger partial charge in [0.1, 0.15) is 0 Å². The van der Waals surface area contributed by atoms with Gasteiger partial charge >= 0.3 is 5.97 Å². The van der Waals surface area contributed by atoms with E-state index in [-0.39, 0.29) is 0 Å². The van der Waals surface area contributed by atoms with Crippen LogP contribution in [0.25, 0.3) is 0 Å². The number of rotatable bonds is 4. The van der Waals surface area contributed by atoms with E-state index >= 15 is 0 Å². The molecule has 0 radical (unpaired) electrons. The molecule has 15 heavy (non-hydrogen) atoms. The van der Waals surface area contributed by atoms with Crippen LogP contribution < -0.4 is 0 Å². The van der Waals surface area contributed by atoms with Crippen molar-refractivity contribution in [1.29, 1.82) is 0 Å². The van der Waals surface area contributed by atoms with Gasteiger partial charge in [0.05, 0.1) is 6.20 Å². The third kappa shape index (κ3) is 1.52. The van der Waals surface area contributed by atoms with E-state index in [2.05, 4.69) is 5.10 Å². The number of aliphatic hydroxyl groups excluding tert-OH is 1. The lowest BCUT2D eigenvalue weighted by atomic mass is 9.93. The minimum Gasteiger partial charge on any atom is -0.479 e. The Balaban J connectivity index is 2.26. The molecular weight excluding hydrogens is 196 g/mol. The van der Waals surface area contributed by atoms with Gasteiger partial charge in [-0.15, -0.1) is 0 Å². The Morgan fingerprint density at radius 1 is 1.73 bits per heavy atom. The molecule has 1 aromatic heterocycles. The smallest absolute Gasteiger partial charge is 0.333 e. The number of nitrogens with zero attached hydrogens (tertiary/aromatic N) is 2. The molecular formula is C10H14N2O3. The van der Waals surface area contributed by atoms with Crippen LogP contribution in [0.4, 0.5) is 0 Å². The van der Waals surface area contributed by atoms with Crippen molar-refractivity contribution < 1.29 is 15.0 Å². The van der Waals surface area contributed by atoms with Gasteiger partial charge in [-0.3, -0.25) is 4.68 Å². The summed E-state index contributed by atoms with van der Waals surface area (Å²) in [6.07, 6.45) is 3.60. The number of carboxylic acid groups (broad SMARTS) is 1. The van der Waals surface area contributed by atoms with Crippen molar-refractivity contribution in [2.24, 2.45) is 0 Å². The number of carboxylic acids is 1. The summed E-state index contributed by atoms with van der Waals surface area (Å²) in [4.78, 5) is 10.8. The summed E-state index contributed by atoms with van der Waals surface area (Å²) in [5.41, 5.74) is 0.249. The molecule has 0 saturated heterocycles. The van der Waals surface area contributed by atoms with Gasteiger partial charge in [0.25, 0.3) is 0 Å². The van der Waals surface area contributed by atoms with Crippen LogP contribution in [0.5, 0.6) is 0 Å². The van der Waals surface area contributed by atoms with Crippen LogP contribution in [-0.4, -0.2) is 32.1 Å². The van der Waals surface area contributed by atoms with Gasteiger partial charge in [0, 0.05) is 18.2 Å². The zero-order chi connectivity index (χ0) is 11.1. The average Bonchev–Trinajstić information content (AvgIpc) is 2.88.